The second-order valence-corrected chi connectivity index (χ2v) is 7.30. The first-order chi connectivity index (χ1) is 12.9. The monoisotopic (exact) mass is 431 g/mol. The van der Waals surface area contributed by atoms with E-state index in [1.807, 2.05) is 25.1 Å². The molecule has 0 bridgehead atoms. The van der Waals surface area contributed by atoms with Crippen molar-refractivity contribution in [2.45, 2.75) is 19.9 Å². The van der Waals surface area contributed by atoms with Crippen LogP contribution in [0.15, 0.2) is 46.9 Å². The highest BCUT2D eigenvalue weighted by Crippen LogP contribution is 2.28. The molecule has 8 heteroatoms. The molecule has 1 fully saturated rings. The Morgan fingerprint density at radius 3 is 2.78 bits per heavy atom. The topological polar surface area (TPSA) is 92.6 Å². The number of rotatable bonds is 5. The maximum atomic E-state index is 12.5. The fraction of sp³-hybridized carbons (Fsp3) is 0.263. The van der Waals surface area contributed by atoms with Crippen molar-refractivity contribution in [2.24, 2.45) is 5.92 Å². The van der Waals surface area contributed by atoms with Crippen LogP contribution >= 0.6 is 15.9 Å². The molecule has 2 amide bonds. The molecule has 1 aliphatic heterocycles. The van der Waals surface area contributed by atoms with Crippen molar-refractivity contribution in [3.63, 3.8) is 0 Å². The number of anilines is 1. The van der Waals surface area contributed by atoms with Crippen LogP contribution in [0.4, 0.5) is 11.4 Å². The van der Waals surface area contributed by atoms with Gasteiger partial charge in [0.25, 0.3) is 5.69 Å². The molecular formula is C19H18BrN3O4. The van der Waals surface area contributed by atoms with Gasteiger partial charge >= 0.3 is 0 Å². The summed E-state index contributed by atoms with van der Waals surface area (Å²) in [5, 5.41) is 13.8. The summed E-state index contributed by atoms with van der Waals surface area (Å²) in [5.74, 6) is -0.871. The van der Waals surface area contributed by atoms with E-state index in [4.69, 9.17) is 0 Å². The lowest BCUT2D eigenvalue weighted by Crippen LogP contribution is -2.32. The van der Waals surface area contributed by atoms with Crippen LogP contribution in [0.25, 0.3) is 0 Å². The third kappa shape index (κ3) is 4.16. The molecule has 1 heterocycles. The van der Waals surface area contributed by atoms with Crippen molar-refractivity contribution >= 4 is 39.1 Å². The molecule has 27 heavy (non-hydrogen) atoms. The van der Waals surface area contributed by atoms with E-state index in [-0.39, 0.29) is 30.5 Å². The van der Waals surface area contributed by atoms with E-state index >= 15 is 0 Å². The Bertz CT molecular complexity index is 916. The SMILES string of the molecule is Cc1cc(N2CC(C(=O)NCc3ccccc3[N+](=O)[O-])CC2=O)ccc1Br. The summed E-state index contributed by atoms with van der Waals surface area (Å²) < 4.78 is 0.955. The number of nitro groups is 1. The molecule has 1 unspecified atom stereocenters. The number of benzene rings is 2. The van der Waals surface area contributed by atoms with E-state index in [9.17, 15) is 19.7 Å². The summed E-state index contributed by atoms with van der Waals surface area (Å²) in [5.41, 5.74) is 2.16. The Kier molecular flexibility index (Phi) is 5.55. The average molecular weight is 432 g/mol. The molecule has 1 atom stereocenters. The predicted octanol–water partition coefficient (Wildman–Crippen LogP) is 3.34. The van der Waals surface area contributed by atoms with E-state index in [0.717, 1.165) is 15.7 Å². The van der Waals surface area contributed by atoms with E-state index < -0.39 is 10.8 Å². The summed E-state index contributed by atoms with van der Waals surface area (Å²) in [6, 6.07) is 11.9. The number of carbonyl (C=O) groups is 2. The number of nitrogens with zero attached hydrogens (tertiary/aromatic N) is 2. The zero-order chi connectivity index (χ0) is 19.6. The van der Waals surface area contributed by atoms with Gasteiger partial charge in [-0.05, 0) is 30.7 Å². The lowest BCUT2D eigenvalue weighted by atomic mass is 10.1. The van der Waals surface area contributed by atoms with Crippen LogP contribution in [-0.4, -0.2) is 23.3 Å². The highest BCUT2D eigenvalue weighted by Gasteiger charge is 2.35. The maximum Gasteiger partial charge on any atom is 0.274 e. The fourth-order valence-corrected chi connectivity index (χ4v) is 3.34. The van der Waals surface area contributed by atoms with Gasteiger partial charge in [0.1, 0.15) is 0 Å². The zero-order valence-electron chi connectivity index (χ0n) is 14.6. The van der Waals surface area contributed by atoms with Crippen LogP contribution in [0.3, 0.4) is 0 Å². The molecular weight excluding hydrogens is 414 g/mol. The number of hydrogen-bond donors (Lipinski definition) is 1. The quantitative estimate of drug-likeness (QED) is 0.580. The Labute approximate surface area is 164 Å². The maximum absolute atomic E-state index is 12.5. The zero-order valence-corrected chi connectivity index (χ0v) is 16.2. The molecule has 0 aromatic heterocycles. The van der Waals surface area contributed by atoms with Crippen LogP contribution in [0.5, 0.6) is 0 Å². The smallest absolute Gasteiger partial charge is 0.274 e. The van der Waals surface area contributed by atoms with Crippen LogP contribution in [0.2, 0.25) is 0 Å². The van der Waals surface area contributed by atoms with Crippen molar-refractivity contribution < 1.29 is 14.5 Å². The minimum Gasteiger partial charge on any atom is -0.351 e. The molecule has 2 aromatic carbocycles. The van der Waals surface area contributed by atoms with Gasteiger partial charge in [0.15, 0.2) is 0 Å². The third-order valence-electron chi connectivity index (χ3n) is 4.59. The van der Waals surface area contributed by atoms with Crippen molar-refractivity contribution in [3.8, 4) is 0 Å². The number of hydrogen-bond acceptors (Lipinski definition) is 4. The van der Waals surface area contributed by atoms with Crippen LogP contribution in [0, 0.1) is 23.0 Å². The first-order valence-electron chi connectivity index (χ1n) is 8.43. The minimum atomic E-state index is -0.482. The highest BCUT2D eigenvalue weighted by atomic mass is 79.9. The minimum absolute atomic E-state index is 0.0349. The van der Waals surface area contributed by atoms with E-state index in [1.165, 1.54) is 6.07 Å². The fourth-order valence-electron chi connectivity index (χ4n) is 3.09. The molecule has 1 aliphatic rings. The largest absolute Gasteiger partial charge is 0.351 e. The van der Waals surface area contributed by atoms with Crippen LogP contribution in [0.1, 0.15) is 17.5 Å². The first kappa shape index (κ1) is 19.0. The van der Waals surface area contributed by atoms with Gasteiger partial charge in [0.2, 0.25) is 11.8 Å². The van der Waals surface area contributed by atoms with Gasteiger partial charge in [-0.25, -0.2) is 0 Å². The Balaban J connectivity index is 1.66. The number of carbonyl (C=O) groups excluding carboxylic acids is 2. The number of para-hydroxylation sites is 1. The predicted molar refractivity (Wildman–Crippen MR) is 104 cm³/mol. The second kappa shape index (κ2) is 7.87. The number of halogens is 1. The van der Waals surface area contributed by atoms with E-state index in [2.05, 4.69) is 21.2 Å². The lowest BCUT2D eigenvalue weighted by molar-refractivity contribution is -0.385. The number of nitrogens with one attached hydrogen (secondary N) is 1. The van der Waals surface area contributed by atoms with Crippen LogP contribution in [-0.2, 0) is 16.1 Å². The Morgan fingerprint density at radius 2 is 2.07 bits per heavy atom. The molecule has 0 radical (unpaired) electrons. The van der Waals surface area contributed by atoms with Gasteiger partial charge in [-0.15, -0.1) is 0 Å². The third-order valence-corrected chi connectivity index (χ3v) is 5.48. The van der Waals surface area contributed by atoms with Gasteiger partial charge in [-0.3, -0.25) is 19.7 Å². The lowest BCUT2D eigenvalue weighted by Gasteiger charge is -2.17. The Morgan fingerprint density at radius 1 is 1.33 bits per heavy atom. The Hall–Kier alpha value is -2.74. The van der Waals surface area contributed by atoms with Gasteiger partial charge in [0.05, 0.1) is 10.8 Å². The van der Waals surface area contributed by atoms with E-state index in [0.29, 0.717) is 12.1 Å². The molecule has 1 N–H and O–H groups in total. The van der Waals surface area contributed by atoms with Crippen LogP contribution < -0.4 is 10.2 Å². The van der Waals surface area contributed by atoms with E-state index in [1.54, 1.807) is 23.1 Å². The summed E-state index contributed by atoms with van der Waals surface area (Å²) in [6.07, 6.45) is 0.123. The molecule has 2 aromatic rings. The van der Waals surface area contributed by atoms with Gasteiger partial charge in [0, 0.05) is 41.3 Å². The molecule has 7 nitrogen and oxygen atoms in total. The highest BCUT2D eigenvalue weighted by molar-refractivity contribution is 9.10. The average Bonchev–Trinajstić information content (AvgIpc) is 3.04. The summed E-state index contributed by atoms with van der Waals surface area (Å²) >= 11 is 3.43. The number of aryl methyl sites for hydroxylation is 1. The van der Waals surface area contributed by atoms with Crippen molar-refractivity contribution in [2.75, 3.05) is 11.4 Å². The van der Waals surface area contributed by atoms with Crippen molar-refractivity contribution in [3.05, 3.63) is 68.2 Å². The summed E-state index contributed by atoms with van der Waals surface area (Å²) in [7, 11) is 0. The first-order valence-corrected chi connectivity index (χ1v) is 9.22. The van der Waals surface area contributed by atoms with Crippen molar-refractivity contribution in [1.82, 2.24) is 5.32 Å². The molecule has 0 aliphatic carbocycles. The van der Waals surface area contributed by atoms with Crippen molar-refractivity contribution in [1.29, 1.82) is 0 Å². The molecule has 1 saturated heterocycles. The molecule has 3 rings (SSSR count). The van der Waals surface area contributed by atoms with Gasteiger partial charge in [-0.2, -0.15) is 0 Å². The molecule has 0 spiro atoms. The number of nitro benzene ring substituents is 1. The standard InChI is InChI=1S/C19H18BrN3O4/c1-12-8-15(6-7-16(12)20)22-11-14(9-18(22)24)19(25)21-10-13-4-2-3-5-17(13)23(26)27/h2-8,14H,9-11H2,1H3,(H,21,25). The normalized spacial score (nSPS) is 16.4. The second-order valence-electron chi connectivity index (χ2n) is 6.44. The van der Waals surface area contributed by atoms with Gasteiger partial charge < -0.3 is 10.2 Å². The number of amides is 2. The summed E-state index contributed by atoms with van der Waals surface area (Å²) in [6.45, 7) is 2.28. The molecule has 0 saturated carbocycles. The molecule has 140 valence electrons. The summed E-state index contributed by atoms with van der Waals surface area (Å²) in [4.78, 5) is 37.0. The van der Waals surface area contributed by atoms with Gasteiger partial charge in [-0.1, -0.05) is 34.1 Å².